The Kier molecular flexibility index (Phi) is 5.63. The van der Waals surface area contributed by atoms with E-state index in [9.17, 15) is 9.18 Å². The number of hydrogen-bond acceptors (Lipinski definition) is 3. The Morgan fingerprint density at radius 3 is 2.30 bits per heavy atom. The molecule has 1 heterocycles. The van der Waals surface area contributed by atoms with Crippen LogP contribution >= 0.6 is 0 Å². The summed E-state index contributed by atoms with van der Waals surface area (Å²) in [7, 11) is 1.92. The quantitative estimate of drug-likeness (QED) is 0.922. The van der Waals surface area contributed by atoms with Crippen LogP contribution in [0.2, 0.25) is 0 Å². The average Bonchev–Trinajstić information content (AvgIpc) is 2.49. The highest BCUT2D eigenvalue weighted by atomic mass is 19.1. The Morgan fingerprint density at radius 2 is 1.83 bits per heavy atom. The number of carbonyl (C=O) groups excluding carboxylic acids is 1. The molecule has 1 saturated heterocycles. The number of piperidine rings is 1. The molecule has 1 aliphatic heterocycles. The first-order chi connectivity index (χ1) is 10.8. The summed E-state index contributed by atoms with van der Waals surface area (Å²) < 4.78 is 18.5. The van der Waals surface area contributed by atoms with E-state index < -0.39 is 5.60 Å². The van der Waals surface area contributed by atoms with Crippen molar-refractivity contribution in [3.05, 3.63) is 35.6 Å². The molecular weight excluding hydrogens is 295 g/mol. The summed E-state index contributed by atoms with van der Waals surface area (Å²) in [6, 6.07) is 6.83. The van der Waals surface area contributed by atoms with Crippen LogP contribution in [0.5, 0.6) is 0 Å². The third-order valence-electron chi connectivity index (χ3n) is 4.20. The van der Waals surface area contributed by atoms with Crippen molar-refractivity contribution in [3.63, 3.8) is 0 Å². The van der Waals surface area contributed by atoms with Gasteiger partial charge in [0.1, 0.15) is 11.4 Å². The van der Waals surface area contributed by atoms with Crippen molar-refractivity contribution in [3.8, 4) is 0 Å². The first-order valence-electron chi connectivity index (χ1n) is 8.21. The van der Waals surface area contributed by atoms with E-state index in [1.54, 1.807) is 4.90 Å². The molecule has 128 valence electrons. The number of ether oxygens (including phenoxy) is 1. The lowest BCUT2D eigenvalue weighted by Gasteiger charge is -2.36. The largest absolute Gasteiger partial charge is 0.444 e. The van der Waals surface area contributed by atoms with Gasteiger partial charge in [0, 0.05) is 19.1 Å². The van der Waals surface area contributed by atoms with Crippen LogP contribution < -0.4 is 5.32 Å². The summed E-state index contributed by atoms with van der Waals surface area (Å²) in [5, 5.41) is 3.33. The molecule has 23 heavy (non-hydrogen) atoms. The van der Waals surface area contributed by atoms with Crippen molar-refractivity contribution in [1.82, 2.24) is 10.2 Å². The summed E-state index contributed by atoms with van der Waals surface area (Å²) in [5.41, 5.74) is 0.625. The van der Waals surface area contributed by atoms with Gasteiger partial charge in [0.15, 0.2) is 0 Å². The number of amides is 1. The van der Waals surface area contributed by atoms with Crippen molar-refractivity contribution in [2.75, 3.05) is 20.1 Å². The van der Waals surface area contributed by atoms with E-state index in [4.69, 9.17) is 4.74 Å². The molecule has 2 rings (SSSR count). The van der Waals surface area contributed by atoms with Crippen molar-refractivity contribution < 1.29 is 13.9 Å². The van der Waals surface area contributed by atoms with Crippen molar-refractivity contribution in [2.45, 2.75) is 45.3 Å². The molecule has 1 amide bonds. The van der Waals surface area contributed by atoms with Gasteiger partial charge < -0.3 is 15.0 Å². The molecule has 4 nitrogen and oxygen atoms in total. The lowest BCUT2D eigenvalue weighted by atomic mass is 9.85. The van der Waals surface area contributed by atoms with E-state index in [0.717, 1.165) is 18.4 Å². The van der Waals surface area contributed by atoms with E-state index in [2.05, 4.69) is 5.32 Å². The molecule has 1 aliphatic rings. The Labute approximate surface area is 138 Å². The van der Waals surface area contributed by atoms with Gasteiger partial charge in [-0.2, -0.15) is 0 Å². The zero-order chi connectivity index (χ0) is 17.0. The van der Waals surface area contributed by atoms with Crippen LogP contribution in [0, 0.1) is 11.7 Å². The van der Waals surface area contributed by atoms with Crippen molar-refractivity contribution >= 4 is 6.09 Å². The lowest BCUT2D eigenvalue weighted by molar-refractivity contribution is 0.0170. The molecule has 0 aliphatic carbocycles. The van der Waals surface area contributed by atoms with Gasteiger partial charge in [-0.05, 0) is 64.3 Å². The van der Waals surface area contributed by atoms with Crippen LogP contribution in [-0.4, -0.2) is 36.7 Å². The standard InChI is InChI=1S/C18H27FN2O2/c1-18(2,3)23-17(22)21-11-9-14(10-12-21)16(20-4)13-5-7-15(19)8-6-13/h5-8,14,16,20H,9-12H2,1-4H3. The van der Waals surface area contributed by atoms with Crippen molar-refractivity contribution in [2.24, 2.45) is 5.92 Å². The van der Waals surface area contributed by atoms with Gasteiger partial charge in [0.05, 0.1) is 0 Å². The molecule has 0 spiro atoms. The van der Waals surface area contributed by atoms with Gasteiger partial charge >= 0.3 is 6.09 Å². The second-order valence-electron chi connectivity index (χ2n) is 7.12. The Morgan fingerprint density at radius 1 is 1.26 bits per heavy atom. The molecule has 0 radical (unpaired) electrons. The Bertz CT molecular complexity index is 517. The number of hydrogen-bond donors (Lipinski definition) is 1. The van der Waals surface area contributed by atoms with E-state index in [0.29, 0.717) is 19.0 Å². The monoisotopic (exact) mass is 322 g/mol. The molecule has 5 heteroatoms. The molecule has 0 aromatic heterocycles. The maximum atomic E-state index is 13.1. The smallest absolute Gasteiger partial charge is 0.410 e. The molecule has 1 unspecified atom stereocenters. The van der Waals surface area contributed by atoms with E-state index in [-0.39, 0.29) is 18.0 Å². The molecule has 0 saturated carbocycles. The molecule has 0 bridgehead atoms. The highest BCUT2D eigenvalue weighted by Gasteiger charge is 2.30. The Hall–Kier alpha value is -1.62. The molecule has 1 aromatic carbocycles. The van der Waals surface area contributed by atoms with E-state index in [1.807, 2.05) is 40.0 Å². The third kappa shape index (κ3) is 4.93. The molecule has 1 aromatic rings. The number of rotatable bonds is 3. The van der Waals surface area contributed by atoms with Gasteiger partial charge in [0.2, 0.25) is 0 Å². The van der Waals surface area contributed by atoms with E-state index in [1.165, 1.54) is 12.1 Å². The number of nitrogens with one attached hydrogen (secondary N) is 1. The molecule has 1 N–H and O–H groups in total. The summed E-state index contributed by atoms with van der Waals surface area (Å²) in [5.74, 6) is 0.201. The fourth-order valence-electron chi connectivity index (χ4n) is 3.09. The van der Waals surface area contributed by atoms with Crippen LogP contribution in [0.15, 0.2) is 24.3 Å². The molecule has 1 atom stereocenters. The number of nitrogens with zero attached hydrogens (tertiary/aromatic N) is 1. The maximum absolute atomic E-state index is 13.1. The van der Waals surface area contributed by atoms with Crippen LogP contribution in [-0.2, 0) is 4.74 Å². The average molecular weight is 322 g/mol. The maximum Gasteiger partial charge on any atom is 0.410 e. The lowest BCUT2D eigenvalue weighted by Crippen LogP contribution is -2.43. The zero-order valence-corrected chi connectivity index (χ0v) is 14.4. The minimum absolute atomic E-state index is 0.177. The van der Waals surface area contributed by atoms with Gasteiger partial charge in [-0.1, -0.05) is 12.1 Å². The summed E-state index contributed by atoms with van der Waals surface area (Å²) in [4.78, 5) is 13.9. The van der Waals surface area contributed by atoms with Crippen LogP contribution in [0.3, 0.4) is 0 Å². The van der Waals surface area contributed by atoms with Crippen LogP contribution in [0.1, 0.15) is 45.2 Å². The highest BCUT2D eigenvalue weighted by Crippen LogP contribution is 2.31. The van der Waals surface area contributed by atoms with Gasteiger partial charge in [-0.15, -0.1) is 0 Å². The second kappa shape index (κ2) is 7.30. The molecular formula is C18H27FN2O2. The van der Waals surface area contributed by atoms with Crippen LogP contribution in [0.25, 0.3) is 0 Å². The number of benzene rings is 1. The second-order valence-corrected chi connectivity index (χ2v) is 7.12. The summed E-state index contributed by atoms with van der Waals surface area (Å²) in [6.45, 7) is 7.02. The Balaban J connectivity index is 1.94. The SMILES string of the molecule is CNC(c1ccc(F)cc1)C1CCN(C(=O)OC(C)(C)C)CC1. The summed E-state index contributed by atoms with van der Waals surface area (Å²) >= 11 is 0. The fourth-order valence-corrected chi connectivity index (χ4v) is 3.09. The minimum Gasteiger partial charge on any atom is -0.444 e. The first kappa shape index (κ1) is 17.7. The minimum atomic E-state index is -0.463. The molecule has 1 fully saturated rings. The van der Waals surface area contributed by atoms with Gasteiger partial charge in [0.25, 0.3) is 0 Å². The van der Waals surface area contributed by atoms with Crippen LogP contribution in [0.4, 0.5) is 9.18 Å². The first-order valence-corrected chi connectivity index (χ1v) is 8.21. The highest BCUT2D eigenvalue weighted by molar-refractivity contribution is 5.68. The number of halogens is 1. The zero-order valence-electron chi connectivity index (χ0n) is 14.4. The topological polar surface area (TPSA) is 41.6 Å². The predicted molar refractivity (Wildman–Crippen MR) is 88.7 cm³/mol. The fraction of sp³-hybridized carbons (Fsp3) is 0.611. The third-order valence-corrected chi connectivity index (χ3v) is 4.20. The van der Waals surface area contributed by atoms with Crippen molar-refractivity contribution in [1.29, 1.82) is 0 Å². The predicted octanol–water partition coefficient (Wildman–Crippen LogP) is 3.73. The van der Waals surface area contributed by atoms with E-state index >= 15 is 0 Å². The normalized spacial score (nSPS) is 17.9. The summed E-state index contributed by atoms with van der Waals surface area (Å²) in [6.07, 6.45) is 1.57. The van der Waals surface area contributed by atoms with Gasteiger partial charge in [-0.25, -0.2) is 9.18 Å². The van der Waals surface area contributed by atoms with Gasteiger partial charge in [-0.3, -0.25) is 0 Å². The number of carbonyl (C=O) groups is 1. The number of likely N-dealkylation sites (tertiary alicyclic amines) is 1.